The molecule has 0 saturated carbocycles. The Labute approximate surface area is 214 Å². The third kappa shape index (κ3) is 5.42. The van der Waals surface area contributed by atoms with Crippen LogP contribution in [-0.2, 0) is 18.1 Å². The second-order valence-electron chi connectivity index (χ2n) is 8.06. The van der Waals surface area contributed by atoms with Gasteiger partial charge in [0.1, 0.15) is 35.2 Å². The van der Waals surface area contributed by atoms with Gasteiger partial charge in [-0.1, -0.05) is 6.07 Å². The molecular formula is C25H19F4N5O2S. The number of aromatic nitrogens is 4. The van der Waals surface area contributed by atoms with Crippen LogP contribution in [-0.4, -0.2) is 24.9 Å². The van der Waals surface area contributed by atoms with E-state index in [2.05, 4.69) is 27.7 Å². The van der Waals surface area contributed by atoms with E-state index in [0.29, 0.717) is 17.4 Å². The summed E-state index contributed by atoms with van der Waals surface area (Å²) in [6, 6.07) is 12.3. The number of hydrogen-bond donors (Lipinski definition) is 2. The van der Waals surface area contributed by atoms with Crippen molar-refractivity contribution >= 4 is 12.6 Å². The summed E-state index contributed by atoms with van der Waals surface area (Å²) in [6.45, 7) is 0.0604. The minimum Gasteiger partial charge on any atom is -0.456 e. The molecule has 190 valence electrons. The minimum absolute atomic E-state index is 0.0604. The van der Waals surface area contributed by atoms with Crippen molar-refractivity contribution in [2.45, 2.75) is 36.1 Å². The molecule has 1 N–H and O–H groups in total. The lowest BCUT2D eigenvalue weighted by Gasteiger charge is -2.36. The Morgan fingerprint density at radius 3 is 2.35 bits per heavy atom. The molecule has 0 aliphatic heterocycles. The summed E-state index contributed by atoms with van der Waals surface area (Å²) in [5, 5.41) is 24.3. The molecule has 0 aliphatic carbocycles. The highest BCUT2D eigenvalue weighted by molar-refractivity contribution is 7.80. The summed E-state index contributed by atoms with van der Waals surface area (Å²) < 4.78 is 66.8. The Morgan fingerprint density at radius 2 is 1.76 bits per heavy atom. The van der Waals surface area contributed by atoms with Crippen molar-refractivity contribution in [3.05, 3.63) is 95.6 Å². The molecule has 0 spiro atoms. The van der Waals surface area contributed by atoms with Crippen molar-refractivity contribution in [2.24, 2.45) is 0 Å². The molecule has 37 heavy (non-hydrogen) atoms. The Bertz CT molecular complexity index is 1420. The molecule has 2 heterocycles. The molecule has 2 aromatic carbocycles. The predicted molar refractivity (Wildman–Crippen MR) is 126 cm³/mol. The molecular weight excluding hydrogens is 510 g/mol. The zero-order chi connectivity index (χ0) is 26.6. The van der Waals surface area contributed by atoms with Gasteiger partial charge in [0.05, 0.1) is 17.8 Å². The van der Waals surface area contributed by atoms with E-state index in [1.807, 2.05) is 6.07 Å². The first-order chi connectivity index (χ1) is 17.6. The van der Waals surface area contributed by atoms with E-state index in [9.17, 15) is 13.9 Å². The third-order valence-electron chi connectivity index (χ3n) is 5.68. The first kappa shape index (κ1) is 26.1. The van der Waals surface area contributed by atoms with Gasteiger partial charge in [-0.3, -0.25) is 4.98 Å². The summed E-state index contributed by atoms with van der Waals surface area (Å²) in [5.74, 6) is -5.92. The first-order valence-corrected chi connectivity index (χ1v) is 11.4. The van der Waals surface area contributed by atoms with Crippen LogP contribution in [0.1, 0.15) is 29.7 Å². The van der Waals surface area contributed by atoms with Crippen LogP contribution in [0.4, 0.5) is 17.6 Å². The average Bonchev–Trinajstić information content (AvgIpc) is 3.29. The Hall–Kier alpha value is -3.95. The largest absolute Gasteiger partial charge is 0.456 e. The molecule has 7 nitrogen and oxygen atoms in total. The van der Waals surface area contributed by atoms with Crippen LogP contribution in [0, 0.1) is 23.0 Å². The highest BCUT2D eigenvalue weighted by atomic mass is 32.1. The molecule has 1 unspecified atom stereocenters. The predicted octanol–water partition coefficient (Wildman–Crippen LogP) is 5.36. The van der Waals surface area contributed by atoms with Gasteiger partial charge in [0, 0.05) is 18.2 Å². The number of pyridine rings is 1. The van der Waals surface area contributed by atoms with E-state index in [1.165, 1.54) is 41.3 Å². The summed E-state index contributed by atoms with van der Waals surface area (Å²) in [5.41, 5.74) is -4.28. The third-order valence-corrected chi connectivity index (χ3v) is 6.02. The smallest absolute Gasteiger partial charge is 0.321 e. The maximum atomic E-state index is 15.9. The maximum Gasteiger partial charge on any atom is 0.321 e. The van der Waals surface area contributed by atoms with Gasteiger partial charge >= 0.3 is 5.92 Å². The molecule has 1 atom stereocenters. The van der Waals surface area contributed by atoms with E-state index in [1.54, 1.807) is 0 Å². The van der Waals surface area contributed by atoms with E-state index in [-0.39, 0.29) is 23.9 Å². The number of hydrogen-bond acceptors (Lipinski definition) is 7. The summed E-state index contributed by atoms with van der Waals surface area (Å²) in [7, 11) is 0. The molecule has 0 aliphatic rings. The van der Waals surface area contributed by atoms with Crippen molar-refractivity contribution in [1.29, 1.82) is 5.26 Å². The molecule has 0 amide bonds. The number of alkyl halides is 2. The second kappa shape index (κ2) is 10.6. The SMILES string of the molecule is N#Cc1ccc(Oc2ccc(C(F)(F)C(O)(CCCn3ncnc3S)c3ccc(F)cc3F)nc2)cc1. The van der Waals surface area contributed by atoms with Gasteiger partial charge in [0.15, 0.2) is 10.8 Å². The topological polar surface area (TPSA) is 96.8 Å². The molecule has 0 bridgehead atoms. The number of aryl methyl sites for hydroxylation is 1. The first-order valence-electron chi connectivity index (χ1n) is 10.9. The van der Waals surface area contributed by atoms with Gasteiger partial charge < -0.3 is 9.84 Å². The van der Waals surface area contributed by atoms with Gasteiger partial charge in [-0.05, 0) is 55.3 Å². The molecule has 0 fully saturated rings. The van der Waals surface area contributed by atoms with Gasteiger partial charge in [0.2, 0.25) is 0 Å². The van der Waals surface area contributed by atoms with E-state index in [0.717, 1.165) is 24.4 Å². The van der Waals surface area contributed by atoms with Crippen molar-refractivity contribution < 1.29 is 27.4 Å². The van der Waals surface area contributed by atoms with E-state index >= 15 is 8.78 Å². The zero-order valence-corrected chi connectivity index (χ0v) is 19.9. The molecule has 0 radical (unpaired) electrons. The monoisotopic (exact) mass is 529 g/mol. The summed E-state index contributed by atoms with van der Waals surface area (Å²) in [6.07, 6.45) is 1.57. The molecule has 4 aromatic rings. The zero-order valence-electron chi connectivity index (χ0n) is 19.0. The highest BCUT2D eigenvalue weighted by Gasteiger charge is 2.56. The van der Waals surface area contributed by atoms with Crippen LogP contribution in [0.5, 0.6) is 11.5 Å². The van der Waals surface area contributed by atoms with Gasteiger partial charge in [-0.25, -0.2) is 18.4 Å². The molecule has 0 saturated heterocycles. The molecule has 4 rings (SSSR count). The van der Waals surface area contributed by atoms with Crippen molar-refractivity contribution in [3.8, 4) is 17.6 Å². The standard InChI is InChI=1S/C25H19F4N5O2S/c26-17-4-8-20(21(27)12-17)24(35,10-1-11-34-23(37)32-15-33-34)25(28,29)22-9-7-19(14-31-22)36-18-5-2-16(13-30)3-6-18/h2-9,12,14-15,35H,1,10-11H2,(H,32,33,37). The van der Waals surface area contributed by atoms with E-state index in [4.69, 9.17) is 10.00 Å². The summed E-state index contributed by atoms with van der Waals surface area (Å²) in [4.78, 5) is 7.59. The number of thiol groups is 1. The quantitative estimate of drug-likeness (QED) is 0.224. The van der Waals surface area contributed by atoms with Crippen LogP contribution >= 0.6 is 12.6 Å². The number of nitrogens with zero attached hydrogens (tertiary/aromatic N) is 5. The van der Waals surface area contributed by atoms with Crippen LogP contribution in [0.25, 0.3) is 0 Å². The Balaban J connectivity index is 1.62. The van der Waals surface area contributed by atoms with Crippen LogP contribution < -0.4 is 4.74 Å². The van der Waals surface area contributed by atoms with Crippen LogP contribution in [0.3, 0.4) is 0 Å². The fourth-order valence-electron chi connectivity index (χ4n) is 3.76. The van der Waals surface area contributed by atoms with Crippen molar-refractivity contribution in [3.63, 3.8) is 0 Å². The number of halogens is 4. The number of rotatable bonds is 9. The van der Waals surface area contributed by atoms with Gasteiger partial charge in [0.25, 0.3) is 0 Å². The normalized spacial score (nSPS) is 13.1. The highest BCUT2D eigenvalue weighted by Crippen LogP contribution is 2.48. The minimum atomic E-state index is -4.09. The lowest BCUT2D eigenvalue weighted by atomic mass is 9.81. The average molecular weight is 530 g/mol. The number of nitriles is 1. The lowest BCUT2D eigenvalue weighted by molar-refractivity contribution is -0.203. The van der Waals surface area contributed by atoms with Crippen LogP contribution in [0.2, 0.25) is 0 Å². The van der Waals surface area contributed by atoms with Crippen molar-refractivity contribution in [2.75, 3.05) is 0 Å². The lowest BCUT2D eigenvalue weighted by Crippen LogP contribution is -2.44. The fraction of sp³-hybridized carbons (Fsp3) is 0.200. The molecule has 12 heteroatoms. The number of ether oxygens (including phenoxy) is 1. The molecule has 2 aromatic heterocycles. The number of benzene rings is 2. The number of aliphatic hydroxyl groups is 1. The maximum absolute atomic E-state index is 15.9. The second-order valence-corrected chi connectivity index (χ2v) is 8.46. The van der Waals surface area contributed by atoms with Crippen molar-refractivity contribution in [1.82, 2.24) is 19.7 Å². The Morgan fingerprint density at radius 1 is 1.03 bits per heavy atom. The summed E-state index contributed by atoms with van der Waals surface area (Å²) >= 11 is 4.10. The van der Waals surface area contributed by atoms with Gasteiger partial charge in [-0.15, -0.1) is 12.6 Å². The van der Waals surface area contributed by atoms with Crippen LogP contribution in [0.15, 0.2) is 72.3 Å². The van der Waals surface area contributed by atoms with Gasteiger partial charge in [-0.2, -0.15) is 19.1 Å². The Kier molecular flexibility index (Phi) is 7.47. The fourth-order valence-corrected chi connectivity index (χ4v) is 3.96. The van der Waals surface area contributed by atoms with E-state index < -0.39 is 40.8 Å².